The molecule has 0 aliphatic heterocycles. The van der Waals surface area contributed by atoms with Crippen LogP contribution in [0.25, 0.3) is 0 Å². The van der Waals surface area contributed by atoms with E-state index in [1.165, 1.54) is 17.8 Å². The number of rotatable bonds is 5. The number of thiazole rings is 1. The Balaban J connectivity index is 2.08. The van der Waals surface area contributed by atoms with Crippen molar-refractivity contribution in [3.8, 4) is 0 Å². The van der Waals surface area contributed by atoms with E-state index in [9.17, 15) is 0 Å². The van der Waals surface area contributed by atoms with Crippen LogP contribution in [0.4, 0.5) is 0 Å². The van der Waals surface area contributed by atoms with Gasteiger partial charge in [-0.05, 0) is 38.6 Å². The van der Waals surface area contributed by atoms with E-state index in [2.05, 4.69) is 17.2 Å². The van der Waals surface area contributed by atoms with Crippen LogP contribution in [-0.2, 0) is 11.2 Å². The topological polar surface area (TPSA) is 34.2 Å². The van der Waals surface area contributed by atoms with Gasteiger partial charge in [0.15, 0.2) is 0 Å². The molecule has 102 valence electrons. The standard InChI is InChI=1S/C14H24N2OS/c1-11-4-6-14(17-3,7-5-11)12(15-2)10-13-16-8-9-18-13/h8-9,11-12,15H,4-7,10H2,1-3H3. The van der Waals surface area contributed by atoms with Gasteiger partial charge in [-0.25, -0.2) is 4.98 Å². The molecule has 1 fully saturated rings. The molecule has 3 nitrogen and oxygen atoms in total. The molecule has 1 N–H and O–H groups in total. The molecule has 18 heavy (non-hydrogen) atoms. The summed E-state index contributed by atoms with van der Waals surface area (Å²) in [4.78, 5) is 4.40. The van der Waals surface area contributed by atoms with E-state index in [0.717, 1.165) is 25.2 Å². The van der Waals surface area contributed by atoms with Crippen LogP contribution >= 0.6 is 11.3 Å². The van der Waals surface area contributed by atoms with Crippen LogP contribution in [0, 0.1) is 5.92 Å². The average Bonchev–Trinajstić information content (AvgIpc) is 2.90. The lowest BCUT2D eigenvalue weighted by atomic mass is 9.74. The second kappa shape index (κ2) is 6.13. The van der Waals surface area contributed by atoms with Gasteiger partial charge in [-0.15, -0.1) is 11.3 Å². The van der Waals surface area contributed by atoms with Gasteiger partial charge < -0.3 is 10.1 Å². The normalized spacial score (nSPS) is 30.3. The highest BCUT2D eigenvalue weighted by molar-refractivity contribution is 7.09. The zero-order valence-electron chi connectivity index (χ0n) is 11.6. The van der Waals surface area contributed by atoms with Crippen LogP contribution in [0.2, 0.25) is 0 Å². The molecule has 0 aromatic carbocycles. The Hall–Kier alpha value is -0.450. The second-order valence-corrected chi connectivity index (χ2v) is 6.40. The fourth-order valence-corrected chi connectivity index (χ4v) is 3.69. The Kier molecular flexibility index (Phi) is 4.76. The van der Waals surface area contributed by atoms with Crippen molar-refractivity contribution in [1.29, 1.82) is 0 Å². The molecule has 0 spiro atoms. The lowest BCUT2D eigenvalue weighted by Crippen LogP contribution is -2.54. The first-order valence-corrected chi connectivity index (χ1v) is 7.69. The minimum atomic E-state index is -0.00701. The molecular weight excluding hydrogens is 244 g/mol. The van der Waals surface area contributed by atoms with Crippen LogP contribution in [0.15, 0.2) is 11.6 Å². The van der Waals surface area contributed by atoms with Crippen LogP contribution in [0.5, 0.6) is 0 Å². The first kappa shape index (κ1) is 14.0. The number of hydrogen-bond donors (Lipinski definition) is 1. The minimum absolute atomic E-state index is 0.00701. The van der Waals surface area contributed by atoms with E-state index in [0.29, 0.717) is 6.04 Å². The summed E-state index contributed by atoms with van der Waals surface area (Å²) in [6, 6.07) is 0.362. The van der Waals surface area contributed by atoms with Crippen molar-refractivity contribution in [3.63, 3.8) is 0 Å². The molecule has 1 aliphatic carbocycles. The van der Waals surface area contributed by atoms with Gasteiger partial charge in [-0.3, -0.25) is 0 Å². The number of likely N-dealkylation sites (N-methyl/N-ethyl adjacent to an activating group) is 1. The van der Waals surface area contributed by atoms with Crippen molar-refractivity contribution in [3.05, 3.63) is 16.6 Å². The highest BCUT2D eigenvalue weighted by Gasteiger charge is 2.41. The molecule has 0 amide bonds. The quantitative estimate of drug-likeness (QED) is 0.891. The van der Waals surface area contributed by atoms with E-state index in [1.807, 2.05) is 25.7 Å². The van der Waals surface area contributed by atoms with E-state index >= 15 is 0 Å². The third-order valence-electron chi connectivity index (χ3n) is 4.37. The highest BCUT2D eigenvalue weighted by atomic mass is 32.1. The van der Waals surface area contributed by atoms with Gasteiger partial charge in [0.1, 0.15) is 0 Å². The molecule has 4 heteroatoms. The van der Waals surface area contributed by atoms with Gasteiger partial charge in [0, 0.05) is 31.1 Å². The van der Waals surface area contributed by atoms with Gasteiger partial charge in [-0.2, -0.15) is 0 Å². The van der Waals surface area contributed by atoms with E-state index in [1.54, 1.807) is 11.3 Å². The maximum atomic E-state index is 5.94. The third kappa shape index (κ3) is 2.92. The third-order valence-corrected chi connectivity index (χ3v) is 5.17. The molecule has 2 rings (SSSR count). The van der Waals surface area contributed by atoms with Crippen LogP contribution < -0.4 is 5.32 Å². The molecule has 1 aromatic heterocycles. The number of hydrogen-bond acceptors (Lipinski definition) is 4. The lowest BCUT2D eigenvalue weighted by Gasteiger charge is -2.43. The van der Waals surface area contributed by atoms with Crippen LogP contribution in [0.3, 0.4) is 0 Å². The molecule has 1 unspecified atom stereocenters. The van der Waals surface area contributed by atoms with E-state index < -0.39 is 0 Å². The predicted molar refractivity (Wildman–Crippen MR) is 76.0 cm³/mol. The molecular formula is C14H24N2OS. The van der Waals surface area contributed by atoms with Gasteiger partial charge in [0.25, 0.3) is 0 Å². The fourth-order valence-electron chi connectivity index (χ4n) is 3.03. The maximum absolute atomic E-state index is 5.94. The largest absolute Gasteiger partial charge is 0.377 e. The zero-order chi connectivity index (χ0) is 13.0. The summed E-state index contributed by atoms with van der Waals surface area (Å²) in [5.41, 5.74) is -0.00701. The summed E-state index contributed by atoms with van der Waals surface area (Å²) >= 11 is 1.73. The van der Waals surface area contributed by atoms with Crippen molar-refractivity contribution in [2.45, 2.75) is 50.7 Å². The number of nitrogens with one attached hydrogen (secondary N) is 1. The van der Waals surface area contributed by atoms with Gasteiger partial charge in [0.05, 0.1) is 10.6 Å². The lowest BCUT2D eigenvalue weighted by molar-refractivity contribution is -0.0730. The predicted octanol–water partition coefficient (Wildman–Crippen LogP) is 2.87. The molecule has 0 bridgehead atoms. The Bertz CT molecular complexity index is 345. The van der Waals surface area contributed by atoms with Crippen molar-refractivity contribution < 1.29 is 4.74 Å². The molecule has 0 radical (unpaired) electrons. The molecule has 1 aliphatic rings. The Morgan fingerprint density at radius 3 is 2.78 bits per heavy atom. The Morgan fingerprint density at radius 1 is 1.56 bits per heavy atom. The number of ether oxygens (including phenoxy) is 1. The fraction of sp³-hybridized carbons (Fsp3) is 0.786. The summed E-state index contributed by atoms with van der Waals surface area (Å²) in [7, 11) is 3.90. The molecule has 1 aromatic rings. The summed E-state index contributed by atoms with van der Waals surface area (Å²) in [6.45, 7) is 2.34. The van der Waals surface area contributed by atoms with Crippen molar-refractivity contribution >= 4 is 11.3 Å². The first-order chi connectivity index (χ1) is 8.70. The van der Waals surface area contributed by atoms with Crippen LogP contribution in [0.1, 0.15) is 37.6 Å². The first-order valence-electron chi connectivity index (χ1n) is 6.81. The van der Waals surface area contributed by atoms with Crippen molar-refractivity contribution in [2.24, 2.45) is 5.92 Å². The van der Waals surface area contributed by atoms with E-state index in [4.69, 9.17) is 4.74 Å². The zero-order valence-corrected chi connectivity index (χ0v) is 12.4. The number of aromatic nitrogens is 1. The molecule has 1 heterocycles. The van der Waals surface area contributed by atoms with Crippen molar-refractivity contribution in [1.82, 2.24) is 10.3 Å². The maximum Gasteiger partial charge on any atom is 0.0941 e. The Morgan fingerprint density at radius 2 is 2.28 bits per heavy atom. The SMILES string of the molecule is CNC(Cc1nccs1)C1(OC)CCC(C)CC1. The summed E-state index contributed by atoms with van der Waals surface area (Å²) < 4.78 is 5.94. The summed E-state index contributed by atoms with van der Waals surface area (Å²) in [5.74, 6) is 0.839. The average molecular weight is 268 g/mol. The van der Waals surface area contributed by atoms with Crippen molar-refractivity contribution in [2.75, 3.05) is 14.2 Å². The highest BCUT2D eigenvalue weighted by Crippen LogP contribution is 2.37. The summed E-state index contributed by atoms with van der Waals surface area (Å²) in [5, 5.41) is 6.70. The number of nitrogens with zero attached hydrogens (tertiary/aromatic N) is 1. The minimum Gasteiger partial charge on any atom is -0.377 e. The monoisotopic (exact) mass is 268 g/mol. The summed E-state index contributed by atoms with van der Waals surface area (Å²) in [6.07, 6.45) is 7.70. The van der Waals surface area contributed by atoms with Crippen LogP contribution in [-0.4, -0.2) is 30.8 Å². The van der Waals surface area contributed by atoms with Gasteiger partial charge in [0.2, 0.25) is 0 Å². The number of methoxy groups -OCH3 is 1. The second-order valence-electron chi connectivity index (χ2n) is 5.42. The van der Waals surface area contributed by atoms with Gasteiger partial charge >= 0.3 is 0 Å². The molecule has 1 atom stereocenters. The molecule has 1 saturated carbocycles. The smallest absolute Gasteiger partial charge is 0.0941 e. The van der Waals surface area contributed by atoms with Gasteiger partial charge in [-0.1, -0.05) is 6.92 Å². The van der Waals surface area contributed by atoms with E-state index in [-0.39, 0.29) is 5.60 Å². The Labute approximate surface area is 114 Å². The molecule has 0 saturated heterocycles.